The maximum atomic E-state index is 12.5. The molecule has 10 aromatic rings. The van der Waals surface area contributed by atoms with Gasteiger partial charge in [-0.05, 0) is 80.2 Å². The number of rotatable bonds is 4. The third kappa shape index (κ3) is 6.79. The van der Waals surface area contributed by atoms with Crippen LogP contribution in [-0.4, -0.2) is 10.1 Å². The molecule has 53 heavy (non-hydrogen) atoms. The molecular formula is C46H30BeN2O2S2+2. The summed E-state index contributed by atoms with van der Waals surface area (Å²) in [6.07, 6.45) is 0. The fourth-order valence-corrected chi connectivity index (χ4v) is 8.64. The quantitative estimate of drug-likeness (QED) is 0.170. The Morgan fingerprint density at radius 1 is 0.358 bits per heavy atom. The molecule has 0 aliphatic heterocycles. The molecule has 0 aliphatic rings. The molecule has 2 heterocycles. The van der Waals surface area contributed by atoms with Crippen LogP contribution in [0.15, 0.2) is 170 Å². The molecule has 0 atom stereocenters. The molecule has 248 valence electrons. The van der Waals surface area contributed by atoms with Gasteiger partial charge in [0.1, 0.15) is 9.40 Å². The van der Waals surface area contributed by atoms with E-state index in [2.05, 4.69) is 82.8 Å². The average molecular weight is 716 g/mol. The van der Waals surface area contributed by atoms with Gasteiger partial charge in [-0.15, -0.1) is 0 Å². The minimum Gasteiger partial charge on any atom is -0.872 e. The largest absolute Gasteiger partial charge is 2.00 e. The number of para-hydroxylation sites is 2. The van der Waals surface area contributed by atoms with Crippen LogP contribution >= 0.6 is 22.7 Å². The van der Waals surface area contributed by atoms with Gasteiger partial charge in [-0.25, -0.2) is 0 Å². The molecule has 2 aromatic heterocycles. The summed E-state index contributed by atoms with van der Waals surface area (Å²) >= 11 is 3.23. The van der Waals surface area contributed by atoms with E-state index in [-0.39, 0.29) is 21.6 Å². The van der Waals surface area contributed by atoms with Crippen LogP contribution in [0.1, 0.15) is 0 Å². The molecule has 4 nitrogen and oxygen atoms in total. The third-order valence-corrected chi connectivity index (χ3v) is 11.5. The minimum absolute atomic E-state index is 0. The van der Waals surface area contributed by atoms with Crippen molar-refractivity contribution in [3.8, 4) is 54.9 Å². The SMILES string of the molecule is [Be+2].[O-]c1ccc(-c2ccc3ccccc3c2)cc1-c1[nH+]c2ccccc2s1.[O-]c1ccc(-c2ccc3ccccc3c2)cc1-c1[nH+]c2ccccc2s1. The number of benzene rings is 8. The maximum absolute atomic E-state index is 12.5. The number of hydrogen-bond donors (Lipinski definition) is 0. The topological polar surface area (TPSA) is 74.4 Å². The number of thiazole rings is 2. The Hall–Kier alpha value is -6.17. The van der Waals surface area contributed by atoms with Crippen LogP contribution in [0, 0.1) is 0 Å². The molecule has 10 rings (SSSR count). The first-order valence-corrected chi connectivity index (χ1v) is 18.6. The zero-order valence-electron chi connectivity index (χ0n) is 28.5. The van der Waals surface area contributed by atoms with E-state index in [0.29, 0.717) is 0 Å². The van der Waals surface area contributed by atoms with E-state index in [1.54, 1.807) is 34.8 Å². The van der Waals surface area contributed by atoms with E-state index in [9.17, 15) is 10.2 Å². The summed E-state index contributed by atoms with van der Waals surface area (Å²) in [4.78, 5) is 6.76. The minimum atomic E-state index is 0. The normalized spacial score (nSPS) is 11.0. The molecule has 0 bridgehead atoms. The molecule has 0 radical (unpaired) electrons. The van der Waals surface area contributed by atoms with E-state index in [0.717, 1.165) is 63.8 Å². The number of nitrogens with one attached hydrogen (secondary N) is 2. The van der Waals surface area contributed by atoms with Gasteiger partial charge in [0.05, 0.1) is 11.1 Å². The van der Waals surface area contributed by atoms with Crippen molar-refractivity contribution in [2.75, 3.05) is 0 Å². The van der Waals surface area contributed by atoms with Crippen LogP contribution < -0.4 is 20.2 Å². The monoisotopic (exact) mass is 715 g/mol. The van der Waals surface area contributed by atoms with Gasteiger partial charge < -0.3 is 10.2 Å². The molecular weight excluding hydrogens is 686 g/mol. The molecule has 0 aliphatic carbocycles. The zero-order valence-corrected chi connectivity index (χ0v) is 30.1. The summed E-state index contributed by atoms with van der Waals surface area (Å²) in [7, 11) is 0. The van der Waals surface area contributed by atoms with Crippen molar-refractivity contribution in [1.29, 1.82) is 0 Å². The van der Waals surface area contributed by atoms with Crippen LogP contribution in [0.25, 0.3) is 85.4 Å². The first-order chi connectivity index (χ1) is 25.6. The van der Waals surface area contributed by atoms with Crippen molar-refractivity contribution in [3.05, 3.63) is 170 Å². The standard InChI is InChI=1S/2C23H15NOS.Be/c2*25-21-12-11-18(17-10-9-15-5-1-2-6-16(15)13-17)14-19(21)23-24-20-7-3-4-8-22(20)26-23;/h2*1-14,25H;/q;;+2. The van der Waals surface area contributed by atoms with Gasteiger partial charge in [0.15, 0.2) is 0 Å². The summed E-state index contributed by atoms with van der Waals surface area (Å²) in [5.74, 6) is 0.0784. The molecule has 8 aromatic carbocycles. The second kappa shape index (κ2) is 14.5. The number of aromatic nitrogens is 2. The second-order valence-corrected chi connectivity index (χ2v) is 14.8. The Labute approximate surface area is 318 Å². The van der Waals surface area contributed by atoms with Crippen molar-refractivity contribution in [1.82, 2.24) is 0 Å². The van der Waals surface area contributed by atoms with Gasteiger partial charge in [-0.1, -0.05) is 155 Å². The average Bonchev–Trinajstić information content (AvgIpc) is 3.83. The van der Waals surface area contributed by atoms with Gasteiger partial charge in [-0.2, -0.15) is 9.97 Å². The van der Waals surface area contributed by atoms with Gasteiger partial charge >= 0.3 is 10.1 Å². The van der Waals surface area contributed by atoms with E-state index in [1.807, 2.05) is 84.9 Å². The van der Waals surface area contributed by atoms with Crippen LogP contribution in [0.4, 0.5) is 0 Å². The molecule has 0 unspecified atom stereocenters. The first-order valence-electron chi connectivity index (χ1n) is 17.0. The maximum Gasteiger partial charge on any atom is 2.00 e. The Kier molecular flexibility index (Phi) is 9.26. The fraction of sp³-hybridized carbons (Fsp3) is 0. The summed E-state index contributed by atoms with van der Waals surface area (Å²) in [5, 5.41) is 31.6. The van der Waals surface area contributed by atoms with Crippen LogP contribution in [0.5, 0.6) is 11.5 Å². The van der Waals surface area contributed by atoms with E-state index < -0.39 is 0 Å². The number of aromatic amines is 2. The molecule has 0 saturated carbocycles. The number of hydrogen-bond acceptors (Lipinski definition) is 4. The fourth-order valence-electron chi connectivity index (χ4n) is 6.59. The Morgan fingerprint density at radius 3 is 1.15 bits per heavy atom. The summed E-state index contributed by atoms with van der Waals surface area (Å²) in [6, 6.07) is 56.8. The smallest absolute Gasteiger partial charge is 0.872 e. The van der Waals surface area contributed by atoms with Crippen molar-refractivity contribution in [2.45, 2.75) is 0 Å². The van der Waals surface area contributed by atoms with Gasteiger partial charge in [-0.3, -0.25) is 0 Å². The van der Waals surface area contributed by atoms with Gasteiger partial charge in [0.2, 0.25) is 11.0 Å². The second-order valence-electron chi connectivity index (χ2n) is 12.7. The van der Waals surface area contributed by atoms with Crippen molar-refractivity contribution in [2.24, 2.45) is 0 Å². The zero-order chi connectivity index (χ0) is 35.0. The number of H-pyrrole nitrogens is 2. The Bertz CT molecular complexity index is 2650. The van der Waals surface area contributed by atoms with E-state index in [1.165, 1.54) is 21.5 Å². The molecule has 7 heteroatoms. The van der Waals surface area contributed by atoms with Gasteiger partial charge in [0.25, 0.3) is 10.0 Å². The summed E-state index contributed by atoms with van der Waals surface area (Å²) in [6.45, 7) is 0. The van der Waals surface area contributed by atoms with Gasteiger partial charge in [0, 0.05) is 12.1 Å². The summed E-state index contributed by atoms with van der Waals surface area (Å²) in [5.41, 5.74) is 7.89. The number of fused-ring (bicyclic) bond motifs is 4. The molecule has 0 amide bonds. The van der Waals surface area contributed by atoms with Crippen LogP contribution in [0.2, 0.25) is 0 Å². The van der Waals surface area contributed by atoms with Crippen LogP contribution in [-0.2, 0) is 0 Å². The van der Waals surface area contributed by atoms with E-state index in [4.69, 9.17) is 0 Å². The van der Waals surface area contributed by atoms with E-state index >= 15 is 0 Å². The van der Waals surface area contributed by atoms with Crippen LogP contribution in [0.3, 0.4) is 0 Å². The predicted molar refractivity (Wildman–Crippen MR) is 218 cm³/mol. The molecule has 0 saturated heterocycles. The molecule has 0 spiro atoms. The summed E-state index contributed by atoms with van der Waals surface area (Å²) < 4.78 is 2.30. The molecule has 0 fully saturated rings. The van der Waals surface area contributed by atoms with Crippen molar-refractivity contribution in [3.63, 3.8) is 0 Å². The van der Waals surface area contributed by atoms with Crippen molar-refractivity contribution < 1.29 is 20.2 Å². The Balaban J connectivity index is 0.000000148. The Morgan fingerprint density at radius 2 is 0.717 bits per heavy atom. The predicted octanol–water partition coefficient (Wildman–Crippen LogP) is 10.2. The third-order valence-electron chi connectivity index (χ3n) is 9.31. The first kappa shape index (κ1) is 33.9. The molecule has 2 N–H and O–H groups in total. The van der Waals surface area contributed by atoms with Crippen molar-refractivity contribution >= 4 is 74.8 Å².